The van der Waals surface area contributed by atoms with E-state index in [-0.39, 0.29) is 18.3 Å². The monoisotopic (exact) mass is 303 g/mol. The van der Waals surface area contributed by atoms with Crippen molar-refractivity contribution in [2.45, 2.75) is 12.1 Å². The number of carbonyl (C=O) groups is 1. The molecule has 3 N–H and O–H groups in total. The van der Waals surface area contributed by atoms with Gasteiger partial charge in [0, 0.05) is 13.3 Å². The molecule has 0 aliphatic rings. The van der Waals surface area contributed by atoms with Crippen LogP contribution >= 0.6 is 0 Å². The van der Waals surface area contributed by atoms with Gasteiger partial charge >= 0.3 is 0 Å². The number of nitrogens with zero attached hydrogens (tertiary/aromatic N) is 1. The maximum atomic E-state index is 13.5. The standard InChI is InChI=1S/C16H18FN3O2/c1-22-10-13(18)16(21)20-15(14-7-2-3-8-19-14)11-5-4-6-12(17)9-11/h2-9,13,15H,10,18H2,1H3,(H,20,21). The first-order valence-electron chi connectivity index (χ1n) is 6.83. The van der Waals surface area contributed by atoms with E-state index in [1.54, 1.807) is 36.5 Å². The topological polar surface area (TPSA) is 77.2 Å². The van der Waals surface area contributed by atoms with E-state index < -0.39 is 12.1 Å². The average molecular weight is 303 g/mol. The molecule has 2 atom stereocenters. The normalized spacial score (nSPS) is 13.4. The van der Waals surface area contributed by atoms with E-state index in [4.69, 9.17) is 10.5 Å². The van der Waals surface area contributed by atoms with Gasteiger partial charge in [0.1, 0.15) is 11.9 Å². The summed E-state index contributed by atoms with van der Waals surface area (Å²) >= 11 is 0. The molecule has 1 amide bonds. The van der Waals surface area contributed by atoms with Crippen LogP contribution in [-0.2, 0) is 9.53 Å². The number of amides is 1. The number of benzene rings is 1. The lowest BCUT2D eigenvalue weighted by Crippen LogP contribution is -2.45. The van der Waals surface area contributed by atoms with Gasteiger partial charge in [0.05, 0.1) is 18.3 Å². The summed E-state index contributed by atoms with van der Waals surface area (Å²) in [6, 6.07) is 9.97. The van der Waals surface area contributed by atoms with E-state index in [1.807, 2.05) is 0 Å². The number of hydrogen-bond acceptors (Lipinski definition) is 4. The van der Waals surface area contributed by atoms with Crippen molar-refractivity contribution < 1.29 is 13.9 Å². The molecule has 0 saturated heterocycles. The molecule has 2 rings (SSSR count). The van der Waals surface area contributed by atoms with Gasteiger partial charge in [-0.1, -0.05) is 18.2 Å². The molecule has 0 spiro atoms. The molecule has 1 aromatic heterocycles. The summed E-state index contributed by atoms with van der Waals surface area (Å²) in [6.45, 7) is 0.101. The Morgan fingerprint density at radius 2 is 2.18 bits per heavy atom. The molecule has 0 saturated carbocycles. The number of nitrogens with two attached hydrogens (primary N) is 1. The highest BCUT2D eigenvalue weighted by Crippen LogP contribution is 2.21. The summed E-state index contributed by atoms with van der Waals surface area (Å²) in [7, 11) is 1.47. The van der Waals surface area contributed by atoms with Crippen molar-refractivity contribution in [3.63, 3.8) is 0 Å². The fourth-order valence-corrected chi connectivity index (χ4v) is 2.07. The molecule has 1 aromatic carbocycles. The maximum absolute atomic E-state index is 13.5. The van der Waals surface area contributed by atoms with E-state index >= 15 is 0 Å². The molecule has 22 heavy (non-hydrogen) atoms. The highest BCUT2D eigenvalue weighted by molar-refractivity contribution is 5.82. The van der Waals surface area contributed by atoms with Gasteiger partial charge in [-0.05, 0) is 29.8 Å². The van der Waals surface area contributed by atoms with Crippen LogP contribution in [0.25, 0.3) is 0 Å². The smallest absolute Gasteiger partial charge is 0.240 e. The molecule has 0 bridgehead atoms. The third-order valence-corrected chi connectivity index (χ3v) is 3.14. The van der Waals surface area contributed by atoms with Crippen LogP contribution < -0.4 is 11.1 Å². The van der Waals surface area contributed by atoms with Gasteiger partial charge in [-0.3, -0.25) is 9.78 Å². The van der Waals surface area contributed by atoms with Crippen LogP contribution in [0.5, 0.6) is 0 Å². The highest BCUT2D eigenvalue weighted by Gasteiger charge is 2.22. The first-order valence-corrected chi connectivity index (χ1v) is 6.83. The van der Waals surface area contributed by atoms with Gasteiger partial charge < -0.3 is 15.8 Å². The van der Waals surface area contributed by atoms with E-state index in [9.17, 15) is 9.18 Å². The SMILES string of the molecule is COCC(N)C(=O)NC(c1cccc(F)c1)c1ccccn1. The largest absolute Gasteiger partial charge is 0.383 e. The lowest BCUT2D eigenvalue weighted by atomic mass is 10.0. The third-order valence-electron chi connectivity index (χ3n) is 3.14. The Kier molecular flexibility index (Phi) is 5.57. The minimum atomic E-state index is -0.801. The van der Waals surface area contributed by atoms with Crippen molar-refractivity contribution >= 4 is 5.91 Å². The zero-order valence-corrected chi connectivity index (χ0v) is 12.2. The van der Waals surface area contributed by atoms with Crippen LogP contribution in [0.1, 0.15) is 17.3 Å². The second-order valence-electron chi connectivity index (χ2n) is 4.81. The number of methoxy groups -OCH3 is 1. The zero-order chi connectivity index (χ0) is 15.9. The number of aromatic nitrogens is 1. The molecule has 2 aromatic rings. The summed E-state index contributed by atoms with van der Waals surface area (Å²) in [5.74, 6) is -0.768. The molecular weight excluding hydrogens is 285 g/mol. The Bertz CT molecular complexity index is 622. The van der Waals surface area contributed by atoms with Crippen molar-refractivity contribution in [3.8, 4) is 0 Å². The van der Waals surface area contributed by atoms with E-state index in [1.165, 1.54) is 19.2 Å². The van der Waals surface area contributed by atoms with E-state index in [0.29, 0.717) is 11.3 Å². The number of halogens is 1. The fraction of sp³-hybridized carbons (Fsp3) is 0.250. The average Bonchev–Trinajstić information content (AvgIpc) is 2.53. The lowest BCUT2D eigenvalue weighted by Gasteiger charge is -2.21. The Balaban J connectivity index is 2.29. The second-order valence-corrected chi connectivity index (χ2v) is 4.81. The first kappa shape index (κ1) is 16.1. The summed E-state index contributed by atoms with van der Waals surface area (Å²) in [5, 5.41) is 2.79. The summed E-state index contributed by atoms with van der Waals surface area (Å²) in [4.78, 5) is 16.4. The van der Waals surface area contributed by atoms with Crippen LogP contribution in [0.3, 0.4) is 0 Å². The van der Waals surface area contributed by atoms with Gasteiger partial charge in [0.25, 0.3) is 0 Å². The molecule has 0 aliphatic heterocycles. The highest BCUT2D eigenvalue weighted by atomic mass is 19.1. The van der Waals surface area contributed by atoms with Crippen molar-refractivity contribution in [1.29, 1.82) is 0 Å². The van der Waals surface area contributed by atoms with Crippen LogP contribution in [0, 0.1) is 5.82 Å². The molecular formula is C16H18FN3O2. The van der Waals surface area contributed by atoms with E-state index in [2.05, 4.69) is 10.3 Å². The van der Waals surface area contributed by atoms with Crippen LogP contribution in [0.4, 0.5) is 4.39 Å². The first-order chi connectivity index (χ1) is 10.6. The molecule has 0 radical (unpaired) electrons. The number of ether oxygens (including phenoxy) is 1. The zero-order valence-electron chi connectivity index (χ0n) is 12.2. The van der Waals surface area contributed by atoms with Gasteiger partial charge in [0.15, 0.2) is 0 Å². The number of nitrogens with one attached hydrogen (secondary N) is 1. The molecule has 2 unspecified atom stereocenters. The molecule has 1 heterocycles. The Labute approximate surface area is 128 Å². The summed E-state index contributed by atoms with van der Waals surface area (Å²) in [5.41, 5.74) is 6.93. The molecule has 116 valence electrons. The van der Waals surface area contributed by atoms with Crippen molar-refractivity contribution in [2.24, 2.45) is 5.73 Å². The number of carbonyl (C=O) groups excluding carboxylic acids is 1. The Morgan fingerprint density at radius 1 is 1.36 bits per heavy atom. The molecule has 6 heteroatoms. The maximum Gasteiger partial charge on any atom is 0.240 e. The minimum absolute atomic E-state index is 0.101. The third kappa shape index (κ3) is 4.09. The van der Waals surface area contributed by atoms with Gasteiger partial charge in [-0.15, -0.1) is 0 Å². The minimum Gasteiger partial charge on any atom is -0.383 e. The van der Waals surface area contributed by atoms with Crippen LogP contribution in [0.2, 0.25) is 0 Å². The second kappa shape index (κ2) is 7.63. The van der Waals surface area contributed by atoms with Gasteiger partial charge in [-0.25, -0.2) is 4.39 Å². The lowest BCUT2D eigenvalue weighted by molar-refractivity contribution is -0.124. The molecule has 5 nitrogen and oxygen atoms in total. The van der Waals surface area contributed by atoms with Crippen molar-refractivity contribution in [3.05, 3.63) is 65.7 Å². The van der Waals surface area contributed by atoms with E-state index in [0.717, 1.165) is 0 Å². The quantitative estimate of drug-likeness (QED) is 0.845. The Morgan fingerprint density at radius 3 is 2.82 bits per heavy atom. The van der Waals surface area contributed by atoms with Crippen molar-refractivity contribution in [1.82, 2.24) is 10.3 Å². The number of hydrogen-bond donors (Lipinski definition) is 2. The summed E-state index contributed by atoms with van der Waals surface area (Å²) < 4.78 is 18.4. The molecule has 0 fully saturated rings. The van der Waals surface area contributed by atoms with Gasteiger partial charge in [-0.2, -0.15) is 0 Å². The van der Waals surface area contributed by atoms with Crippen LogP contribution in [0.15, 0.2) is 48.7 Å². The Hall–Kier alpha value is -2.31. The van der Waals surface area contributed by atoms with Crippen LogP contribution in [-0.4, -0.2) is 30.6 Å². The predicted octanol–water partition coefficient (Wildman–Crippen LogP) is 1.40. The number of pyridine rings is 1. The summed E-state index contributed by atoms with van der Waals surface area (Å²) in [6.07, 6.45) is 1.61. The fourth-order valence-electron chi connectivity index (χ4n) is 2.07. The predicted molar refractivity (Wildman–Crippen MR) is 80.5 cm³/mol. The van der Waals surface area contributed by atoms with Gasteiger partial charge in [0.2, 0.25) is 5.91 Å². The molecule has 0 aliphatic carbocycles. The van der Waals surface area contributed by atoms with Crippen molar-refractivity contribution in [2.75, 3.05) is 13.7 Å². The number of rotatable bonds is 6.